The van der Waals surface area contributed by atoms with Crippen LogP contribution in [0.4, 0.5) is 0 Å². The van der Waals surface area contributed by atoms with Crippen molar-refractivity contribution in [2.75, 3.05) is 13.6 Å². The van der Waals surface area contributed by atoms with E-state index in [0.29, 0.717) is 5.75 Å². The van der Waals surface area contributed by atoms with Crippen LogP contribution in [0.15, 0.2) is 18.2 Å². The lowest BCUT2D eigenvalue weighted by Gasteiger charge is -2.60. The summed E-state index contributed by atoms with van der Waals surface area (Å²) in [4.78, 5) is 2.28. The van der Waals surface area contributed by atoms with Crippen molar-refractivity contribution in [2.24, 2.45) is 0 Å². The number of hydrogen-bond donors (Lipinski definition) is 2. The summed E-state index contributed by atoms with van der Waals surface area (Å²) < 4.78 is 0. The summed E-state index contributed by atoms with van der Waals surface area (Å²) in [5, 5.41) is 21.0. The highest BCUT2D eigenvalue weighted by Gasteiger charge is 2.58. The van der Waals surface area contributed by atoms with Gasteiger partial charge in [0.15, 0.2) is 0 Å². The molecular weight excluding hydrogens is 238 g/mol. The van der Waals surface area contributed by atoms with Gasteiger partial charge in [-0.3, -0.25) is 0 Å². The monoisotopic (exact) mass is 261 g/mol. The van der Waals surface area contributed by atoms with E-state index in [9.17, 15) is 10.2 Å². The molecule has 2 aliphatic rings. The third kappa shape index (κ3) is 1.52. The Morgan fingerprint density at radius 2 is 2.16 bits per heavy atom. The van der Waals surface area contributed by atoms with Gasteiger partial charge < -0.3 is 15.1 Å². The molecule has 0 unspecified atom stereocenters. The number of likely N-dealkylation sites (tertiary alicyclic amines) is 1. The Morgan fingerprint density at radius 1 is 1.42 bits per heavy atom. The van der Waals surface area contributed by atoms with Crippen LogP contribution in [0, 0.1) is 0 Å². The molecule has 104 valence electrons. The van der Waals surface area contributed by atoms with Crippen LogP contribution in [0.5, 0.6) is 5.75 Å². The summed E-state index contributed by atoms with van der Waals surface area (Å²) in [6.07, 6.45) is 2.71. The van der Waals surface area contributed by atoms with Crippen molar-refractivity contribution < 1.29 is 10.2 Å². The van der Waals surface area contributed by atoms with Crippen LogP contribution in [0.1, 0.15) is 37.8 Å². The van der Waals surface area contributed by atoms with Crippen molar-refractivity contribution in [2.45, 2.75) is 50.2 Å². The molecule has 0 spiro atoms. The second-order valence-corrected chi connectivity index (χ2v) is 6.38. The van der Waals surface area contributed by atoms with Gasteiger partial charge in [-0.2, -0.15) is 0 Å². The highest BCUT2D eigenvalue weighted by Crippen LogP contribution is 2.53. The van der Waals surface area contributed by atoms with Gasteiger partial charge in [0.05, 0.1) is 5.60 Å². The van der Waals surface area contributed by atoms with Gasteiger partial charge in [-0.15, -0.1) is 0 Å². The molecule has 1 aliphatic carbocycles. The topological polar surface area (TPSA) is 43.7 Å². The number of fused-ring (bicyclic) bond motifs is 4. The Balaban J connectivity index is 2.25. The Hall–Kier alpha value is -1.06. The van der Waals surface area contributed by atoms with Crippen molar-refractivity contribution in [1.29, 1.82) is 0 Å². The number of rotatable bonds is 1. The second kappa shape index (κ2) is 3.97. The van der Waals surface area contributed by atoms with Crippen LogP contribution in [0.25, 0.3) is 0 Å². The fourth-order valence-electron chi connectivity index (χ4n) is 4.41. The molecule has 0 radical (unpaired) electrons. The van der Waals surface area contributed by atoms with Crippen LogP contribution < -0.4 is 0 Å². The van der Waals surface area contributed by atoms with E-state index < -0.39 is 5.60 Å². The molecule has 0 amide bonds. The predicted molar refractivity (Wildman–Crippen MR) is 75.4 cm³/mol. The molecule has 1 aliphatic heterocycles. The maximum absolute atomic E-state index is 11.2. The minimum atomic E-state index is -0.741. The Labute approximate surface area is 114 Å². The molecular formula is C16H23NO2. The van der Waals surface area contributed by atoms with E-state index in [1.165, 1.54) is 5.56 Å². The highest BCUT2D eigenvalue weighted by molar-refractivity contribution is 5.47. The molecule has 1 aromatic rings. The number of aromatic hydroxyl groups is 1. The van der Waals surface area contributed by atoms with Crippen molar-refractivity contribution in [3.63, 3.8) is 0 Å². The van der Waals surface area contributed by atoms with Crippen molar-refractivity contribution in [1.82, 2.24) is 4.90 Å². The van der Waals surface area contributed by atoms with Crippen LogP contribution in [-0.2, 0) is 11.8 Å². The van der Waals surface area contributed by atoms with Gasteiger partial charge in [-0.05, 0) is 63.0 Å². The van der Waals surface area contributed by atoms with Gasteiger partial charge in [0, 0.05) is 11.5 Å². The maximum atomic E-state index is 11.2. The van der Waals surface area contributed by atoms with Gasteiger partial charge in [0.2, 0.25) is 0 Å². The summed E-state index contributed by atoms with van der Waals surface area (Å²) in [5.74, 6) is 0.305. The second-order valence-electron chi connectivity index (χ2n) is 6.38. The predicted octanol–water partition coefficient (Wildman–Crippen LogP) is 2.05. The van der Waals surface area contributed by atoms with E-state index in [1.54, 1.807) is 6.07 Å². The van der Waals surface area contributed by atoms with E-state index >= 15 is 0 Å². The maximum Gasteiger partial charge on any atom is 0.115 e. The molecule has 3 heteroatoms. The number of benzene rings is 1. The fraction of sp³-hybridized carbons (Fsp3) is 0.625. The molecule has 2 bridgehead atoms. The van der Waals surface area contributed by atoms with E-state index in [0.717, 1.165) is 31.4 Å². The number of phenolic OH excluding ortho intramolecular Hbond substituents is 1. The molecule has 3 rings (SSSR count). The van der Waals surface area contributed by atoms with E-state index in [1.807, 2.05) is 19.1 Å². The smallest absolute Gasteiger partial charge is 0.115 e. The summed E-state index contributed by atoms with van der Waals surface area (Å²) in [6, 6.07) is 5.82. The number of aliphatic hydroxyl groups is 1. The normalized spacial score (nSPS) is 38.0. The molecule has 3 nitrogen and oxygen atoms in total. The van der Waals surface area contributed by atoms with E-state index in [4.69, 9.17) is 0 Å². The quantitative estimate of drug-likeness (QED) is 0.813. The molecule has 19 heavy (non-hydrogen) atoms. The van der Waals surface area contributed by atoms with Crippen LogP contribution in [0.3, 0.4) is 0 Å². The number of piperidine rings is 1. The lowest BCUT2D eigenvalue weighted by atomic mass is 9.54. The molecule has 1 saturated heterocycles. The molecule has 1 aromatic carbocycles. The molecule has 0 aromatic heterocycles. The first-order valence-electron chi connectivity index (χ1n) is 7.17. The van der Waals surface area contributed by atoms with Gasteiger partial charge in [0.25, 0.3) is 0 Å². The van der Waals surface area contributed by atoms with E-state index in [-0.39, 0.29) is 11.5 Å². The average molecular weight is 261 g/mol. The van der Waals surface area contributed by atoms with Crippen LogP contribution in [0.2, 0.25) is 0 Å². The molecule has 2 N–H and O–H groups in total. The third-order valence-electron chi connectivity index (χ3n) is 5.67. The summed E-state index contributed by atoms with van der Waals surface area (Å²) in [5.41, 5.74) is 1.47. The van der Waals surface area contributed by atoms with Crippen LogP contribution >= 0.6 is 0 Å². The first-order chi connectivity index (χ1) is 8.92. The first kappa shape index (κ1) is 12.9. The van der Waals surface area contributed by atoms with Crippen molar-refractivity contribution >= 4 is 0 Å². The van der Waals surface area contributed by atoms with Crippen molar-refractivity contribution in [3.05, 3.63) is 29.3 Å². The lowest BCUT2D eigenvalue weighted by Crippen LogP contribution is -2.69. The van der Waals surface area contributed by atoms with Gasteiger partial charge in [-0.25, -0.2) is 0 Å². The fourth-order valence-corrected chi connectivity index (χ4v) is 4.41. The average Bonchev–Trinajstić information content (AvgIpc) is 2.35. The molecule has 1 heterocycles. The molecule has 0 saturated carbocycles. The summed E-state index contributed by atoms with van der Waals surface area (Å²) in [6.45, 7) is 5.13. The largest absolute Gasteiger partial charge is 0.508 e. The van der Waals surface area contributed by atoms with E-state index in [2.05, 4.69) is 18.9 Å². The standard InChI is InChI=1S/C16H23NO2/c1-4-16-7-8-17(3)14(15(16,2)19)9-11-5-6-12(18)10-13(11)16/h5-6,10,14,18-19H,4,7-9H2,1-3H3/t14-,15-,16-/m0/s1. The van der Waals surface area contributed by atoms with Gasteiger partial charge in [-0.1, -0.05) is 13.0 Å². The minimum absolute atomic E-state index is 0.165. The number of hydrogen-bond acceptors (Lipinski definition) is 3. The highest BCUT2D eigenvalue weighted by atomic mass is 16.3. The molecule has 3 atom stereocenters. The summed E-state index contributed by atoms with van der Waals surface area (Å²) in [7, 11) is 2.10. The third-order valence-corrected chi connectivity index (χ3v) is 5.67. The lowest BCUT2D eigenvalue weighted by molar-refractivity contribution is -0.129. The minimum Gasteiger partial charge on any atom is -0.508 e. The Morgan fingerprint density at radius 3 is 2.84 bits per heavy atom. The van der Waals surface area contributed by atoms with Gasteiger partial charge >= 0.3 is 0 Å². The zero-order valence-corrected chi connectivity index (χ0v) is 12.0. The van der Waals surface area contributed by atoms with Crippen molar-refractivity contribution in [3.8, 4) is 5.75 Å². The zero-order valence-electron chi connectivity index (χ0n) is 12.0. The SMILES string of the molecule is CC[C@]12CCN(C)[C@@H](Cc3ccc(O)cc31)[C@]2(C)O. The number of likely N-dealkylation sites (N-methyl/N-ethyl adjacent to an activating group) is 1. The zero-order chi connectivity index (χ0) is 13.8. The first-order valence-corrected chi connectivity index (χ1v) is 7.17. The molecule has 1 fully saturated rings. The number of phenols is 1. The summed E-state index contributed by atoms with van der Waals surface area (Å²) >= 11 is 0. The number of nitrogens with zero attached hydrogens (tertiary/aromatic N) is 1. The Kier molecular flexibility index (Phi) is 2.70. The van der Waals surface area contributed by atoms with Crippen LogP contribution in [-0.4, -0.2) is 40.3 Å². The van der Waals surface area contributed by atoms with Gasteiger partial charge in [0.1, 0.15) is 5.75 Å². The Bertz CT molecular complexity index is 511.